The van der Waals surface area contributed by atoms with Gasteiger partial charge in [-0.05, 0) is 12.0 Å². The van der Waals surface area contributed by atoms with Gasteiger partial charge < -0.3 is 0 Å². The molecule has 10 heavy (non-hydrogen) atoms. The predicted octanol–water partition coefficient (Wildman–Crippen LogP) is 2.42. The average molecular weight is 140 g/mol. The zero-order chi connectivity index (χ0) is 8.36. The summed E-state index contributed by atoms with van der Waals surface area (Å²) in [6.45, 7) is 11.4. The average Bonchev–Trinajstić information content (AvgIpc) is 1.86. The van der Waals surface area contributed by atoms with Crippen molar-refractivity contribution in [2.75, 3.05) is 0 Å². The maximum absolute atomic E-state index is 11.2. The van der Waals surface area contributed by atoms with E-state index in [9.17, 15) is 4.79 Å². The van der Waals surface area contributed by atoms with Crippen molar-refractivity contribution in [1.29, 1.82) is 0 Å². The van der Waals surface area contributed by atoms with E-state index in [2.05, 4.69) is 6.58 Å². The normalized spacial score (nSPS) is 11.7. The lowest BCUT2D eigenvalue weighted by molar-refractivity contribution is -0.124. The van der Waals surface area contributed by atoms with Crippen LogP contribution in [-0.2, 0) is 4.79 Å². The third kappa shape index (κ3) is 1.69. The van der Waals surface area contributed by atoms with Gasteiger partial charge in [0.25, 0.3) is 0 Å². The molecule has 1 nitrogen and oxygen atoms in total. The summed E-state index contributed by atoms with van der Waals surface area (Å²) < 4.78 is 0. The Balaban J connectivity index is 4.39. The molecular formula is C9H16O. The van der Waals surface area contributed by atoms with Crippen LogP contribution in [0.5, 0.6) is 0 Å². The summed E-state index contributed by atoms with van der Waals surface area (Å²) in [6, 6.07) is 0. The smallest absolute Gasteiger partial charge is 0.160 e. The molecule has 0 N–H and O–H groups in total. The number of carbonyl (C=O) groups is 1. The monoisotopic (exact) mass is 140 g/mol. The van der Waals surface area contributed by atoms with Crippen molar-refractivity contribution in [3.63, 3.8) is 0 Å². The molecule has 0 amide bonds. The first-order chi connectivity index (χ1) is 4.42. The molecule has 0 saturated carbocycles. The highest BCUT2D eigenvalue weighted by atomic mass is 16.1. The molecule has 0 rings (SSSR count). The van der Waals surface area contributed by atoms with Crippen LogP contribution in [0.4, 0.5) is 0 Å². The highest BCUT2D eigenvalue weighted by molar-refractivity contribution is 5.93. The second kappa shape index (κ2) is 3.00. The largest absolute Gasteiger partial charge is 0.294 e. The van der Waals surface area contributed by atoms with Gasteiger partial charge in [0.2, 0.25) is 0 Å². The Kier molecular flexibility index (Phi) is 2.82. The summed E-state index contributed by atoms with van der Waals surface area (Å²) in [5.41, 5.74) is -0.248. The van der Waals surface area contributed by atoms with Gasteiger partial charge in [0, 0.05) is 5.41 Å². The molecule has 0 aliphatic rings. The highest BCUT2D eigenvalue weighted by Crippen LogP contribution is 2.27. The minimum atomic E-state index is -0.248. The lowest BCUT2D eigenvalue weighted by atomic mass is 9.77. The number of hydrogen-bond donors (Lipinski definition) is 0. The third-order valence-corrected chi connectivity index (χ3v) is 2.26. The van der Waals surface area contributed by atoms with Crippen molar-refractivity contribution in [3.05, 3.63) is 12.7 Å². The lowest BCUT2D eigenvalue weighted by Gasteiger charge is -2.25. The summed E-state index contributed by atoms with van der Waals surface area (Å²) >= 11 is 0. The molecule has 0 aromatic heterocycles. The Morgan fingerprint density at radius 1 is 1.50 bits per heavy atom. The third-order valence-electron chi connectivity index (χ3n) is 2.26. The van der Waals surface area contributed by atoms with Gasteiger partial charge in [-0.1, -0.05) is 34.3 Å². The van der Waals surface area contributed by atoms with Gasteiger partial charge >= 0.3 is 0 Å². The zero-order valence-electron chi connectivity index (χ0n) is 7.27. The summed E-state index contributed by atoms with van der Waals surface area (Å²) in [5, 5.41) is 0. The van der Waals surface area contributed by atoms with Crippen LogP contribution in [0.1, 0.15) is 27.7 Å². The SMILES string of the molecule is C=CC(=O)C(C)(C)C(C)C. The fraction of sp³-hybridized carbons (Fsp3) is 0.667. The number of carbonyl (C=O) groups excluding carboxylic acids is 1. The predicted molar refractivity (Wildman–Crippen MR) is 43.8 cm³/mol. The quantitative estimate of drug-likeness (QED) is 0.550. The van der Waals surface area contributed by atoms with E-state index in [0.29, 0.717) is 5.92 Å². The molecule has 58 valence electrons. The van der Waals surface area contributed by atoms with E-state index in [1.165, 1.54) is 6.08 Å². The van der Waals surface area contributed by atoms with Crippen molar-refractivity contribution in [2.24, 2.45) is 11.3 Å². The maximum Gasteiger partial charge on any atom is 0.160 e. The molecule has 0 aliphatic heterocycles. The van der Waals surface area contributed by atoms with Crippen LogP contribution < -0.4 is 0 Å². The lowest BCUT2D eigenvalue weighted by Crippen LogP contribution is -2.28. The molecule has 0 fully saturated rings. The van der Waals surface area contributed by atoms with Gasteiger partial charge in [-0.25, -0.2) is 0 Å². The molecule has 0 bridgehead atoms. The van der Waals surface area contributed by atoms with Crippen molar-refractivity contribution in [1.82, 2.24) is 0 Å². The van der Waals surface area contributed by atoms with Crippen molar-refractivity contribution >= 4 is 5.78 Å². The standard InChI is InChI=1S/C9H16O/c1-6-8(10)9(4,5)7(2)3/h6-7H,1H2,2-5H3. The molecular weight excluding hydrogens is 124 g/mol. The Morgan fingerprint density at radius 2 is 1.90 bits per heavy atom. The Morgan fingerprint density at radius 3 is 2.00 bits per heavy atom. The fourth-order valence-electron chi connectivity index (χ4n) is 0.548. The van der Waals surface area contributed by atoms with Crippen LogP contribution in [0.2, 0.25) is 0 Å². The summed E-state index contributed by atoms with van der Waals surface area (Å²) in [6.07, 6.45) is 1.40. The van der Waals surface area contributed by atoms with Crippen molar-refractivity contribution in [3.8, 4) is 0 Å². The molecule has 0 aromatic carbocycles. The second-order valence-electron chi connectivity index (χ2n) is 3.44. The molecule has 1 heteroatoms. The van der Waals surface area contributed by atoms with Gasteiger partial charge in [-0.3, -0.25) is 4.79 Å². The molecule has 0 saturated heterocycles. The van der Waals surface area contributed by atoms with E-state index >= 15 is 0 Å². The van der Waals surface area contributed by atoms with Crippen LogP contribution in [0, 0.1) is 11.3 Å². The maximum atomic E-state index is 11.2. The fourth-order valence-corrected chi connectivity index (χ4v) is 0.548. The second-order valence-corrected chi connectivity index (χ2v) is 3.44. The van der Waals surface area contributed by atoms with Crippen molar-refractivity contribution < 1.29 is 4.79 Å². The van der Waals surface area contributed by atoms with Crippen LogP contribution >= 0.6 is 0 Å². The first-order valence-corrected chi connectivity index (χ1v) is 3.59. The topological polar surface area (TPSA) is 17.1 Å². The molecule has 0 spiro atoms. The molecule has 0 aliphatic carbocycles. The minimum Gasteiger partial charge on any atom is -0.294 e. The van der Waals surface area contributed by atoms with Gasteiger partial charge in [0.05, 0.1) is 0 Å². The number of ketones is 1. The van der Waals surface area contributed by atoms with Crippen molar-refractivity contribution in [2.45, 2.75) is 27.7 Å². The summed E-state index contributed by atoms with van der Waals surface area (Å²) in [4.78, 5) is 11.2. The molecule has 0 atom stereocenters. The first-order valence-electron chi connectivity index (χ1n) is 3.59. The number of rotatable bonds is 3. The highest BCUT2D eigenvalue weighted by Gasteiger charge is 2.28. The van der Waals surface area contributed by atoms with Gasteiger partial charge in [0.1, 0.15) is 0 Å². The van der Waals surface area contributed by atoms with Crippen LogP contribution in [0.15, 0.2) is 12.7 Å². The van der Waals surface area contributed by atoms with E-state index in [-0.39, 0.29) is 11.2 Å². The zero-order valence-corrected chi connectivity index (χ0v) is 7.27. The molecule has 0 heterocycles. The van der Waals surface area contributed by atoms with E-state index in [1.54, 1.807) is 0 Å². The van der Waals surface area contributed by atoms with Crippen LogP contribution in [0.25, 0.3) is 0 Å². The Hall–Kier alpha value is -0.590. The Labute approximate surface area is 63.1 Å². The number of hydrogen-bond acceptors (Lipinski definition) is 1. The van der Waals surface area contributed by atoms with E-state index in [1.807, 2.05) is 27.7 Å². The van der Waals surface area contributed by atoms with E-state index in [4.69, 9.17) is 0 Å². The van der Waals surface area contributed by atoms with Crippen LogP contribution in [0.3, 0.4) is 0 Å². The molecule has 0 radical (unpaired) electrons. The summed E-state index contributed by atoms with van der Waals surface area (Å²) in [5.74, 6) is 0.500. The number of allylic oxidation sites excluding steroid dienone is 1. The summed E-state index contributed by atoms with van der Waals surface area (Å²) in [7, 11) is 0. The minimum absolute atomic E-state index is 0.127. The first kappa shape index (κ1) is 9.41. The van der Waals surface area contributed by atoms with Gasteiger partial charge in [-0.15, -0.1) is 0 Å². The van der Waals surface area contributed by atoms with Gasteiger partial charge in [-0.2, -0.15) is 0 Å². The van der Waals surface area contributed by atoms with E-state index in [0.717, 1.165) is 0 Å². The Bertz CT molecular complexity index is 143. The van der Waals surface area contributed by atoms with Gasteiger partial charge in [0.15, 0.2) is 5.78 Å². The van der Waals surface area contributed by atoms with Crippen LogP contribution in [-0.4, -0.2) is 5.78 Å². The van der Waals surface area contributed by atoms with E-state index < -0.39 is 0 Å². The molecule has 0 unspecified atom stereocenters. The molecule has 0 aromatic rings.